The number of aromatic nitrogens is 3. The summed E-state index contributed by atoms with van der Waals surface area (Å²) in [5.74, 6) is 0.540. The van der Waals surface area contributed by atoms with Crippen molar-refractivity contribution < 1.29 is 9.53 Å². The lowest BCUT2D eigenvalue weighted by atomic mass is 10.1. The largest absolute Gasteiger partial charge is 0.493 e. The van der Waals surface area contributed by atoms with Crippen molar-refractivity contribution in [2.24, 2.45) is 0 Å². The summed E-state index contributed by atoms with van der Waals surface area (Å²) >= 11 is 5.95. The highest BCUT2D eigenvalue weighted by Gasteiger charge is 2.30. The molecule has 0 aliphatic carbocycles. The van der Waals surface area contributed by atoms with Crippen LogP contribution in [0.15, 0.2) is 36.7 Å². The van der Waals surface area contributed by atoms with Gasteiger partial charge >= 0.3 is 0 Å². The Balaban J connectivity index is 1.64. The number of ether oxygens (including phenoxy) is 1. The maximum atomic E-state index is 12.9. The Kier molecular flexibility index (Phi) is 3.61. The van der Waals surface area contributed by atoms with E-state index in [2.05, 4.69) is 10.1 Å². The average Bonchev–Trinajstić information content (AvgIpc) is 3.12. The molecule has 6 nitrogen and oxygen atoms in total. The minimum Gasteiger partial charge on any atom is -0.493 e. The first kappa shape index (κ1) is 15.0. The molecule has 0 saturated heterocycles. The minimum absolute atomic E-state index is 0.0656. The highest BCUT2D eigenvalue weighted by Crippen LogP contribution is 2.29. The van der Waals surface area contributed by atoms with E-state index >= 15 is 0 Å². The van der Waals surface area contributed by atoms with E-state index in [1.807, 2.05) is 25.1 Å². The maximum Gasteiger partial charge on any atom is 0.258 e. The number of fused-ring (bicyclic) bond motifs is 3. The van der Waals surface area contributed by atoms with E-state index in [4.69, 9.17) is 16.3 Å². The van der Waals surface area contributed by atoms with Crippen LogP contribution in [0.1, 0.15) is 28.5 Å². The zero-order valence-electron chi connectivity index (χ0n) is 13.1. The van der Waals surface area contributed by atoms with Crippen LogP contribution >= 0.6 is 11.6 Å². The molecular weight excluding hydrogens is 328 g/mol. The molecule has 7 heteroatoms. The molecule has 0 unspecified atom stereocenters. The number of halogens is 1. The van der Waals surface area contributed by atoms with Gasteiger partial charge in [0.25, 0.3) is 5.91 Å². The molecule has 1 aliphatic heterocycles. The van der Waals surface area contributed by atoms with Gasteiger partial charge in [0, 0.05) is 11.8 Å². The lowest BCUT2D eigenvalue weighted by molar-refractivity contribution is 0.0745. The first-order chi connectivity index (χ1) is 11.7. The number of hydrogen-bond acceptors (Lipinski definition) is 4. The molecule has 0 spiro atoms. The number of amides is 1. The molecule has 0 saturated carbocycles. The van der Waals surface area contributed by atoms with Gasteiger partial charge < -0.3 is 9.64 Å². The smallest absolute Gasteiger partial charge is 0.258 e. The Labute approximate surface area is 143 Å². The minimum atomic E-state index is -0.0656. The fourth-order valence-corrected chi connectivity index (χ4v) is 3.10. The molecule has 122 valence electrons. The summed E-state index contributed by atoms with van der Waals surface area (Å²) in [5.41, 5.74) is 3.13. The Morgan fingerprint density at radius 3 is 3.00 bits per heavy atom. The first-order valence-corrected chi connectivity index (χ1v) is 8.08. The van der Waals surface area contributed by atoms with E-state index in [0.29, 0.717) is 36.0 Å². The van der Waals surface area contributed by atoms with Gasteiger partial charge in [-0.1, -0.05) is 23.7 Å². The van der Waals surface area contributed by atoms with Gasteiger partial charge in [-0.15, -0.1) is 0 Å². The summed E-state index contributed by atoms with van der Waals surface area (Å²) < 4.78 is 7.24. The van der Waals surface area contributed by atoms with Crippen LogP contribution in [0.5, 0.6) is 5.75 Å². The topological polar surface area (TPSA) is 59.7 Å². The van der Waals surface area contributed by atoms with Crippen molar-refractivity contribution in [2.45, 2.75) is 20.0 Å². The lowest BCUT2D eigenvalue weighted by Crippen LogP contribution is -2.26. The molecule has 3 aromatic rings. The first-order valence-electron chi connectivity index (χ1n) is 7.70. The van der Waals surface area contributed by atoms with Gasteiger partial charge in [0.1, 0.15) is 5.75 Å². The van der Waals surface area contributed by atoms with Crippen LogP contribution in [0.3, 0.4) is 0 Å². The normalized spacial score (nSPS) is 13.3. The molecular formula is C17H15ClN4O2. The molecule has 0 radical (unpaired) electrons. The second-order valence-corrected chi connectivity index (χ2v) is 5.99. The third-order valence-corrected chi connectivity index (χ3v) is 4.21. The lowest BCUT2D eigenvalue weighted by Gasteiger charge is -2.17. The molecule has 0 fully saturated rings. The van der Waals surface area contributed by atoms with Crippen molar-refractivity contribution >= 4 is 23.2 Å². The standard InChI is InChI=1S/C17H15ClN4O2/c1-2-24-15-6-4-3-5-12(15)17(23)21-9-13-14(10-21)20-22-8-11(18)7-19-16(13)22/h3-8H,2,9-10H2,1H3. The summed E-state index contributed by atoms with van der Waals surface area (Å²) in [6.07, 6.45) is 3.31. The van der Waals surface area contributed by atoms with Gasteiger partial charge in [0.2, 0.25) is 0 Å². The van der Waals surface area contributed by atoms with Crippen LogP contribution in [-0.2, 0) is 13.1 Å². The Hall–Kier alpha value is -2.60. The second kappa shape index (κ2) is 5.79. The highest BCUT2D eigenvalue weighted by molar-refractivity contribution is 6.30. The van der Waals surface area contributed by atoms with Crippen LogP contribution < -0.4 is 4.74 Å². The summed E-state index contributed by atoms with van der Waals surface area (Å²) in [6.45, 7) is 3.35. The zero-order valence-corrected chi connectivity index (χ0v) is 13.8. The third kappa shape index (κ3) is 2.39. The van der Waals surface area contributed by atoms with Crippen LogP contribution in [0.2, 0.25) is 5.02 Å². The van der Waals surface area contributed by atoms with Crippen molar-refractivity contribution in [1.82, 2.24) is 19.5 Å². The summed E-state index contributed by atoms with van der Waals surface area (Å²) in [5, 5.41) is 5.01. The number of benzene rings is 1. The van der Waals surface area contributed by atoms with Crippen molar-refractivity contribution in [3.8, 4) is 5.75 Å². The van der Waals surface area contributed by atoms with Crippen LogP contribution in [-0.4, -0.2) is 32.0 Å². The van der Waals surface area contributed by atoms with Gasteiger partial charge in [-0.2, -0.15) is 5.10 Å². The monoisotopic (exact) mass is 342 g/mol. The number of rotatable bonds is 3. The molecule has 1 aromatic carbocycles. The summed E-state index contributed by atoms with van der Waals surface area (Å²) in [7, 11) is 0. The number of carbonyl (C=O) groups is 1. The molecule has 24 heavy (non-hydrogen) atoms. The number of para-hydroxylation sites is 1. The van der Waals surface area contributed by atoms with E-state index in [0.717, 1.165) is 16.9 Å². The Bertz CT molecular complexity index is 937. The van der Waals surface area contributed by atoms with Crippen molar-refractivity contribution in [3.63, 3.8) is 0 Å². The molecule has 0 N–H and O–H groups in total. The van der Waals surface area contributed by atoms with Crippen molar-refractivity contribution in [3.05, 3.63) is 58.5 Å². The van der Waals surface area contributed by atoms with Gasteiger partial charge in [-0.3, -0.25) is 4.79 Å². The number of nitrogens with zero attached hydrogens (tertiary/aromatic N) is 4. The number of hydrogen-bond donors (Lipinski definition) is 0. The Morgan fingerprint density at radius 2 is 2.17 bits per heavy atom. The third-order valence-electron chi connectivity index (χ3n) is 4.01. The molecule has 0 bridgehead atoms. The van der Waals surface area contributed by atoms with E-state index in [1.165, 1.54) is 0 Å². The van der Waals surface area contributed by atoms with E-state index in [1.54, 1.807) is 27.9 Å². The molecule has 1 aliphatic rings. The predicted molar refractivity (Wildman–Crippen MR) is 89.2 cm³/mol. The van der Waals surface area contributed by atoms with Crippen LogP contribution in [0.4, 0.5) is 0 Å². The fraction of sp³-hybridized carbons (Fsp3) is 0.235. The molecule has 1 amide bonds. The van der Waals surface area contributed by atoms with Gasteiger partial charge in [-0.05, 0) is 19.1 Å². The summed E-state index contributed by atoms with van der Waals surface area (Å²) in [6, 6.07) is 7.30. The van der Waals surface area contributed by atoms with Crippen LogP contribution in [0, 0.1) is 0 Å². The highest BCUT2D eigenvalue weighted by atomic mass is 35.5. The Morgan fingerprint density at radius 1 is 1.33 bits per heavy atom. The SMILES string of the molecule is CCOc1ccccc1C(=O)N1Cc2nn3cc(Cl)cnc3c2C1. The van der Waals surface area contributed by atoms with Crippen LogP contribution in [0.25, 0.3) is 5.65 Å². The van der Waals surface area contributed by atoms with E-state index in [-0.39, 0.29) is 5.91 Å². The van der Waals surface area contributed by atoms with E-state index < -0.39 is 0 Å². The van der Waals surface area contributed by atoms with Gasteiger partial charge in [0.05, 0.1) is 42.2 Å². The predicted octanol–water partition coefficient (Wildman–Crippen LogP) is 2.94. The van der Waals surface area contributed by atoms with Gasteiger partial charge in [0.15, 0.2) is 5.65 Å². The summed E-state index contributed by atoms with van der Waals surface area (Å²) in [4.78, 5) is 19.0. The fourth-order valence-electron chi connectivity index (χ4n) is 2.96. The molecule has 4 rings (SSSR count). The van der Waals surface area contributed by atoms with Gasteiger partial charge in [-0.25, -0.2) is 9.50 Å². The zero-order chi connectivity index (χ0) is 16.7. The quantitative estimate of drug-likeness (QED) is 0.734. The molecule has 2 aromatic heterocycles. The van der Waals surface area contributed by atoms with Crippen molar-refractivity contribution in [2.75, 3.05) is 6.61 Å². The molecule has 0 atom stereocenters. The second-order valence-electron chi connectivity index (χ2n) is 5.56. The molecule has 3 heterocycles. The average molecular weight is 343 g/mol. The van der Waals surface area contributed by atoms with Crippen molar-refractivity contribution in [1.29, 1.82) is 0 Å². The maximum absolute atomic E-state index is 12.9. The number of carbonyl (C=O) groups excluding carboxylic acids is 1. The van der Waals surface area contributed by atoms with E-state index in [9.17, 15) is 4.79 Å².